The second-order valence-corrected chi connectivity index (χ2v) is 8.70. The predicted octanol–water partition coefficient (Wildman–Crippen LogP) is 4.98. The van der Waals surface area contributed by atoms with Crippen LogP contribution in [0.3, 0.4) is 0 Å². The first-order chi connectivity index (χ1) is 16.6. The van der Waals surface area contributed by atoms with Crippen molar-refractivity contribution in [1.29, 1.82) is 0 Å². The van der Waals surface area contributed by atoms with Gasteiger partial charge in [-0.15, -0.1) is 11.6 Å². The van der Waals surface area contributed by atoms with Crippen LogP contribution in [0.15, 0.2) is 36.4 Å². The number of halogens is 2. The van der Waals surface area contributed by atoms with E-state index < -0.39 is 0 Å². The van der Waals surface area contributed by atoms with Gasteiger partial charge in [0.1, 0.15) is 17.2 Å². The number of piperazine rings is 1. The summed E-state index contributed by atoms with van der Waals surface area (Å²) < 4.78 is 13.4. The number of urea groups is 1. The van der Waals surface area contributed by atoms with E-state index in [-0.39, 0.29) is 17.7 Å². The topological polar surface area (TPSA) is 74.2 Å². The number of fused-ring (bicyclic) bond motifs is 1. The lowest BCUT2D eigenvalue weighted by Gasteiger charge is -2.35. The highest BCUT2D eigenvalue weighted by Crippen LogP contribution is 2.27. The number of nitrogens with zero attached hydrogens (tertiary/aromatic N) is 5. The Morgan fingerprint density at radius 2 is 1.76 bits per heavy atom. The van der Waals surface area contributed by atoms with Gasteiger partial charge < -0.3 is 15.1 Å². The van der Waals surface area contributed by atoms with Crippen molar-refractivity contribution in [2.45, 2.75) is 38.5 Å². The van der Waals surface area contributed by atoms with Gasteiger partial charge in [0, 0.05) is 38.3 Å². The zero-order chi connectivity index (χ0) is 23.9. The van der Waals surface area contributed by atoms with E-state index in [9.17, 15) is 9.18 Å². The van der Waals surface area contributed by atoms with Crippen molar-refractivity contribution in [3.05, 3.63) is 48.0 Å². The molecule has 0 atom stereocenters. The number of alkyl halides is 1. The molecule has 0 aliphatic carbocycles. The molecular formula is C25H30ClFN6O. The second kappa shape index (κ2) is 11.4. The van der Waals surface area contributed by atoms with E-state index in [1.54, 1.807) is 12.1 Å². The molecule has 7 nitrogen and oxygen atoms in total. The summed E-state index contributed by atoms with van der Waals surface area (Å²) in [5, 5.41) is 3.03. The number of hydrogen-bond acceptors (Lipinski definition) is 5. The lowest BCUT2D eigenvalue weighted by Crippen LogP contribution is -2.52. The van der Waals surface area contributed by atoms with Crippen molar-refractivity contribution in [2.75, 3.05) is 37.6 Å². The number of unbranched alkanes of at least 4 members (excludes halogenated alkanes) is 3. The number of anilines is 1. The Labute approximate surface area is 204 Å². The Hall–Kier alpha value is -3.00. The SMILES string of the molecule is CCCCCCNC(=O)N1CCN(c2nc(CCl)nc3ccc(-c4ccc(F)cc4)nc23)CC1. The summed E-state index contributed by atoms with van der Waals surface area (Å²) in [4.78, 5) is 30.5. The maximum atomic E-state index is 13.4. The van der Waals surface area contributed by atoms with Crippen LogP contribution in [0.2, 0.25) is 0 Å². The first kappa shape index (κ1) is 24.1. The molecule has 1 saturated heterocycles. The van der Waals surface area contributed by atoms with Crippen molar-refractivity contribution in [3.8, 4) is 11.3 Å². The minimum absolute atomic E-state index is 0.0122. The van der Waals surface area contributed by atoms with Crippen molar-refractivity contribution >= 4 is 34.5 Å². The fourth-order valence-corrected chi connectivity index (χ4v) is 4.21. The Morgan fingerprint density at radius 3 is 2.47 bits per heavy atom. The van der Waals surface area contributed by atoms with E-state index >= 15 is 0 Å². The number of rotatable bonds is 8. The first-order valence-electron chi connectivity index (χ1n) is 11.9. The van der Waals surface area contributed by atoms with Crippen molar-refractivity contribution in [3.63, 3.8) is 0 Å². The molecule has 1 fully saturated rings. The highest BCUT2D eigenvalue weighted by molar-refractivity contribution is 6.16. The molecule has 0 radical (unpaired) electrons. The third kappa shape index (κ3) is 5.73. The molecule has 2 aromatic heterocycles. The molecule has 34 heavy (non-hydrogen) atoms. The van der Waals surface area contributed by atoms with E-state index in [1.807, 2.05) is 17.0 Å². The van der Waals surface area contributed by atoms with Gasteiger partial charge in [0.25, 0.3) is 0 Å². The van der Waals surface area contributed by atoms with Gasteiger partial charge in [0.05, 0.1) is 17.1 Å². The van der Waals surface area contributed by atoms with E-state index in [4.69, 9.17) is 16.6 Å². The normalized spacial score (nSPS) is 14.0. The molecule has 0 bridgehead atoms. The molecule has 0 spiro atoms. The summed E-state index contributed by atoms with van der Waals surface area (Å²) in [6, 6.07) is 10.00. The summed E-state index contributed by atoms with van der Waals surface area (Å²) in [6.45, 7) is 5.36. The van der Waals surface area contributed by atoms with Crippen LogP contribution in [0.25, 0.3) is 22.3 Å². The van der Waals surface area contributed by atoms with Gasteiger partial charge >= 0.3 is 6.03 Å². The molecule has 3 aromatic rings. The van der Waals surface area contributed by atoms with E-state index in [1.165, 1.54) is 25.0 Å². The Balaban J connectivity index is 1.50. The van der Waals surface area contributed by atoms with E-state index in [0.29, 0.717) is 55.4 Å². The standard InChI is InChI=1S/C25H30ClFN6O/c1-2-3-4-5-12-28-25(34)33-15-13-32(14-16-33)24-23-21(29-22(17-26)31-24)11-10-20(30-23)18-6-8-19(27)9-7-18/h6-11H,2-5,12-17H2,1H3,(H,28,34). The maximum Gasteiger partial charge on any atom is 0.317 e. The molecule has 0 unspecified atom stereocenters. The molecule has 9 heteroatoms. The van der Waals surface area contributed by atoms with Crippen LogP contribution in [-0.4, -0.2) is 58.6 Å². The van der Waals surface area contributed by atoms with Crippen LogP contribution in [0, 0.1) is 5.82 Å². The monoisotopic (exact) mass is 484 g/mol. The van der Waals surface area contributed by atoms with Crippen molar-refractivity contribution < 1.29 is 9.18 Å². The minimum Gasteiger partial charge on any atom is -0.351 e. The van der Waals surface area contributed by atoms with E-state index in [2.05, 4.69) is 27.1 Å². The van der Waals surface area contributed by atoms with Gasteiger partial charge in [-0.1, -0.05) is 26.2 Å². The molecule has 1 N–H and O–H groups in total. The number of benzene rings is 1. The molecule has 1 aliphatic heterocycles. The number of carbonyl (C=O) groups is 1. The van der Waals surface area contributed by atoms with Gasteiger partial charge in [-0.05, 0) is 42.8 Å². The number of hydrogen-bond donors (Lipinski definition) is 1. The molecule has 4 rings (SSSR count). The fourth-order valence-electron chi connectivity index (χ4n) is 4.09. The van der Waals surface area contributed by atoms with Gasteiger partial charge in [-0.3, -0.25) is 0 Å². The third-order valence-electron chi connectivity index (χ3n) is 6.00. The van der Waals surface area contributed by atoms with Crippen LogP contribution < -0.4 is 10.2 Å². The molecule has 180 valence electrons. The average Bonchev–Trinajstić information content (AvgIpc) is 2.88. The summed E-state index contributed by atoms with van der Waals surface area (Å²) >= 11 is 6.06. The lowest BCUT2D eigenvalue weighted by atomic mass is 10.1. The van der Waals surface area contributed by atoms with Gasteiger partial charge in [-0.25, -0.2) is 24.1 Å². The quantitative estimate of drug-likeness (QED) is 0.360. The molecule has 0 saturated carbocycles. The highest BCUT2D eigenvalue weighted by Gasteiger charge is 2.24. The molecular weight excluding hydrogens is 455 g/mol. The zero-order valence-electron chi connectivity index (χ0n) is 19.4. The molecule has 2 amide bonds. The third-order valence-corrected chi connectivity index (χ3v) is 6.24. The number of aromatic nitrogens is 3. The predicted molar refractivity (Wildman–Crippen MR) is 134 cm³/mol. The fraction of sp³-hybridized carbons (Fsp3) is 0.440. The largest absolute Gasteiger partial charge is 0.351 e. The minimum atomic E-state index is -0.289. The number of carbonyl (C=O) groups excluding carboxylic acids is 1. The van der Waals surface area contributed by atoms with E-state index in [0.717, 1.165) is 24.1 Å². The Kier molecular flexibility index (Phi) is 8.11. The number of amides is 2. The van der Waals surface area contributed by atoms with Crippen LogP contribution in [0.4, 0.5) is 15.0 Å². The Bertz CT molecular complexity index is 1120. The summed E-state index contributed by atoms with van der Waals surface area (Å²) in [5.74, 6) is 1.16. The summed E-state index contributed by atoms with van der Waals surface area (Å²) in [6.07, 6.45) is 4.53. The average molecular weight is 485 g/mol. The number of nitrogens with one attached hydrogen (secondary N) is 1. The van der Waals surface area contributed by atoms with Crippen LogP contribution in [-0.2, 0) is 5.88 Å². The maximum absolute atomic E-state index is 13.4. The van der Waals surface area contributed by atoms with Gasteiger partial charge in [0.15, 0.2) is 5.82 Å². The van der Waals surface area contributed by atoms with Crippen LogP contribution >= 0.6 is 11.6 Å². The van der Waals surface area contributed by atoms with Crippen LogP contribution in [0.1, 0.15) is 38.4 Å². The second-order valence-electron chi connectivity index (χ2n) is 8.43. The smallest absolute Gasteiger partial charge is 0.317 e. The first-order valence-corrected chi connectivity index (χ1v) is 12.4. The van der Waals surface area contributed by atoms with Crippen molar-refractivity contribution in [2.24, 2.45) is 0 Å². The Morgan fingerprint density at radius 1 is 1.00 bits per heavy atom. The van der Waals surface area contributed by atoms with Gasteiger partial charge in [-0.2, -0.15) is 0 Å². The number of pyridine rings is 1. The highest BCUT2D eigenvalue weighted by atomic mass is 35.5. The summed E-state index contributed by atoms with van der Waals surface area (Å²) in [5.41, 5.74) is 2.91. The lowest BCUT2D eigenvalue weighted by molar-refractivity contribution is 0.194. The molecule has 3 heterocycles. The van der Waals surface area contributed by atoms with Crippen LogP contribution in [0.5, 0.6) is 0 Å². The molecule has 1 aliphatic rings. The van der Waals surface area contributed by atoms with Gasteiger partial charge in [0.2, 0.25) is 0 Å². The zero-order valence-corrected chi connectivity index (χ0v) is 20.2. The van der Waals surface area contributed by atoms with Crippen molar-refractivity contribution in [1.82, 2.24) is 25.2 Å². The molecule has 1 aromatic carbocycles. The summed E-state index contributed by atoms with van der Waals surface area (Å²) in [7, 11) is 0.